The summed E-state index contributed by atoms with van der Waals surface area (Å²) in [6, 6.07) is 0. The van der Waals surface area contributed by atoms with E-state index in [2.05, 4.69) is 25.3 Å². The molecule has 5 nitrogen and oxygen atoms in total. The van der Waals surface area contributed by atoms with Crippen LogP contribution in [0.1, 0.15) is 0 Å². The van der Waals surface area contributed by atoms with Crippen LogP contribution in [0, 0.1) is 0 Å². The molecule has 0 aliphatic rings. The molecule has 2 aromatic heterocycles. The van der Waals surface area contributed by atoms with Gasteiger partial charge in [0.1, 0.15) is 0 Å². The average molecular weight is 295 g/mol. The third-order valence-electron chi connectivity index (χ3n) is 1.56. The van der Waals surface area contributed by atoms with Gasteiger partial charge in [-0.25, -0.2) is 4.98 Å². The van der Waals surface area contributed by atoms with Crippen molar-refractivity contribution in [1.29, 1.82) is 0 Å². The minimum absolute atomic E-state index is 0.326. The van der Waals surface area contributed by atoms with Crippen molar-refractivity contribution in [1.82, 2.24) is 9.36 Å². The molecule has 0 aliphatic carbocycles. The van der Waals surface area contributed by atoms with E-state index < -0.39 is 10.1 Å². The molecule has 2 rings (SSSR count). The molecule has 0 spiro atoms. The van der Waals surface area contributed by atoms with Crippen LogP contribution < -0.4 is 0 Å². The van der Waals surface area contributed by atoms with Crippen LogP contribution in [0.5, 0.6) is 0 Å². The van der Waals surface area contributed by atoms with Crippen molar-refractivity contribution >= 4 is 47.7 Å². The Balaban J connectivity index is 2.93. The second-order valence-corrected chi connectivity index (χ2v) is 5.45. The molecule has 0 atom stereocenters. The van der Waals surface area contributed by atoms with Crippen LogP contribution in [0.4, 0.5) is 0 Å². The lowest BCUT2D eigenvalue weighted by molar-refractivity contribution is 0.480. The maximum atomic E-state index is 10.9. The van der Waals surface area contributed by atoms with E-state index in [4.69, 9.17) is 4.55 Å². The Hall–Kier alpha value is -0.570. The Bertz CT molecular complexity index is 592. The molecule has 0 saturated heterocycles. The third-order valence-corrected chi connectivity index (χ3v) is 4.07. The van der Waals surface area contributed by atoms with Gasteiger partial charge >= 0.3 is 10.1 Å². The molecule has 0 unspecified atom stereocenters. The van der Waals surface area contributed by atoms with Crippen LogP contribution in [-0.2, 0) is 10.1 Å². The average Bonchev–Trinajstić information content (AvgIpc) is 2.50. The Morgan fingerprint density at radius 2 is 2.14 bits per heavy atom. The zero-order chi connectivity index (χ0) is 10.3. The molecule has 14 heavy (non-hydrogen) atoms. The highest BCUT2D eigenvalue weighted by Crippen LogP contribution is 2.29. The Labute approximate surface area is 91.8 Å². The quantitative estimate of drug-likeness (QED) is 0.810. The maximum absolute atomic E-state index is 10.9. The van der Waals surface area contributed by atoms with Gasteiger partial charge in [0.15, 0.2) is 5.03 Å². The van der Waals surface area contributed by atoms with E-state index in [0.29, 0.717) is 14.6 Å². The summed E-state index contributed by atoms with van der Waals surface area (Å²) in [5, 5.41) is -0.0312. The largest absolute Gasteiger partial charge is 0.312 e. The van der Waals surface area contributed by atoms with E-state index in [0.717, 1.165) is 11.5 Å². The number of rotatable bonds is 1. The van der Waals surface area contributed by atoms with Crippen LogP contribution in [0.15, 0.2) is 21.9 Å². The van der Waals surface area contributed by atoms with Crippen molar-refractivity contribution in [2.24, 2.45) is 0 Å². The summed E-state index contributed by atoms with van der Waals surface area (Å²) in [5.41, 5.74) is 0. The molecule has 0 saturated carbocycles. The van der Waals surface area contributed by atoms with Gasteiger partial charge in [0.25, 0.3) is 0 Å². The van der Waals surface area contributed by atoms with Gasteiger partial charge in [0.05, 0.1) is 20.8 Å². The molecular weight excluding hydrogens is 292 g/mol. The first-order valence-corrected chi connectivity index (χ1v) is 6.37. The normalized spacial score (nSPS) is 12.1. The summed E-state index contributed by atoms with van der Waals surface area (Å²) in [4.78, 5) is 3.63. The van der Waals surface area contributed by atoms with Crippen LogP contribution >= 0.6 is 27.5 Å². The molecule has 0 aliphatic heterocycles. The molecule has 2 heterocycles. The van der Waals surface area contributed by atoms with E-state index in [1.54, 1.807) is 0 Å². The predicted molar refractivity (Wildman–Crippen MR) is 54.9 cm³/mol. The summed E-state index contributed by atoms with van der Waals surface area (Å²) in [6.07, 6.45) is 2.68. The van der Waals surface area contributed by atoms with E-state index >= 15 is 0 Å². The fourth-order valence-corrected chi connectivity index (χ4v) is 2.88. The highest BCUT2D eigenvalue weighted by molar-refractivity contribution is 9.10. The summed E-state index contributed by atoms with van der Waals surface area (Å²) in [6.45, 7) is 0. The maximum Gasteiger partial charge on any atom is 0.312 e. The molecule has 0 aromatic carbocycles. The summed E-state index contributed by atoms with van der Waals surface area (Å²) >= 11 is 4.34. The van der Waals surface area contributed by atoms with Crippen molar-refractivity contribution in [3.8, 4) is 0 Å². The summed E-state index contributed by atoms with van der Waals surface area (Å²) in [5.74, 6) is 0. The van der Waals surface area contributed by atoms with Gasteiger partial charge in [-0.2, -0.15) is 12.8 Å². The SMILES string of the molecule is O=S(=O)(O)c1ncc(Br)c2sncc12. The Morgan fingerprint density at radius 1 is 1.43 bits per heavy atom. The molecule has 74 valence electrons. The zero-order valence-corrected chi connectivity index (χ0v) is 9.73. The monoisotopic (exact) mass is 294 g/mol. The molecule has 0 bridgehead atoms. The van der Waals surface area contributed by atoms with Crippen LogP contribution in [0.3, 0.4) is 0 Å². The number of hydrogen-bond donors (Lipinski definition) is 1. The van der Waals surface area contributed by atoms with E-state index in [-0.39, 0.29) is 5.03 Å². The first-order valence-electron chi connectivity index (χ1n) is 3.36. The summed E-state index contributed by atoms with van der Waals surface area (Å²) in [7, 11) is -4.28. The highest BCUT2D eigenvalue weighted by Gasteiger charge is 2.18. The van der Waals surface area contributed by atoms with E-state index in [1.807, 2.05) is 0 Å². The minimum atomic E-state index is -4.28. The third kappa shape index (κ3) is 1.54. The fraction of sp³-hybridized carbons (Fsp3) is 0. The topological polar surface area (TPSA) is 80.2 Å². The van der Waals surface area contributed by atoms with Gasteiger partial charge in [-0.15, -0.1) is 0 Å². The van der Waals surface area contributed by atoms with Gasteiger partial charge in [-0.05, 0) is 27.5 Å². The smallest absolute Gasteiger partial charge is 0.281 e. The van der Waals surface area contributed by atoms with Crippen LogP contribution in [-0.4, -0.2) is 22.3 Å². The predicted octanol–water partition coefficient (Wildman–Crippen LogP) is 1.70. The van der Waals surface area contributed by atoms with Crippen molar-refractivity contribution < 1.29 is 13.0 Å². The highest BCUT2D eigenvalue weighted by atomic mass is 79.9. The second-order valence-electron chi connectivity index (χ2n) is 2.45. The van der Waals surface area contributed by atoms with Gasteiger partial charge < -0.3 is 0 Å². The standard InChI is InChI=1S/C6H3BrN2O3S2/c7-4-2-8-6(14(10,11)12)3-1-9-13-5(3)4/h1-2H,(H,10,11,12). The zero-order valence-electron chi connectivity index (χ0n) is 6.51. The molecule has 0 radical (unpaired) electrons. The van der Waals surface area contributed by atoms with Crippen molar-refractivity contribution in [3.05, 3.63) is 16.9 Å². The fourth-order valence-electron chi connectivity index (χ4n) is 1.01. The lowest BCUT2D eigenvalue weighted by atomic mass is 10.4. The molecular formula is C6H3BrN2O3S2. The van der Waals surface area contributed by atoms with E-state index in [9.17, 15) is 8.42 Å². The van der Waals surface area contributed by atoms with Gasteiger partial charge in [0, 0.05) is 6.20 Å². The van der Waals surface area contributed by atoms with Gasteiger partial charge in [-0.1, -0.05) is 0 Å². The van der Waals surface area contributed by atoms with Crippen molar-refractivity contribution in [2.45, 2.75) is 5.03 Å². The minimum Gasteiger partial charge on any atom is -0.281 e. The number of hydrogen-bond acceptors (Lipinski definition) is 5. The number of nitrogens with zero attached hydrogens (tertiary/aromatic N) is 2. The Morgan fingerprint density at radius 3 is 2.79 bits per heavy atom. The molecule has 2 aromatic rings. The lowest BCUT2D eigenvalue weighted by Crippen LogP contribution is -2.01. The second kappa shape index (κ2) is 3.23. The summed E-state index contributed by atoms with van der Waals surface area (Å²) < 4.78 is 35.8. The molecule has 0 amide bonds. The number of pyridine rings is 1. The van der Waals surface area contributed by atoms with Crippen LogP contribution in [0.2, 0.25) is 0 Å². The number of halogens is 1. The van der Waals surface area contributed by atoms with Crippen LogP contribution in [0.25, 0.3) is 10.1 Å². The lowest BCUT2D eigenvalue weighted by Gasteiger charge is -1.98. The van der Waals surface area contributed by atoms with E-state index in [1.165, 1.54) is 12.4 Å². The van der Waals surface area contributed by atoms with Gasteiger partial charge in [0.2, 0.25) is 0 Å². The first-order chi connectivity index (χ1) is 6.50. The molecule has 1 N–H and O–H groups in total. The molecule has 8 heteroatoms. The number of fused-ring (bicyclic) bond motifs is 1. The molecule has 0 fully saturated rings. The van der Waals surface area contributed by atoms with Crippen molar-refractivity contribution in [2.75, 3.05) is 0 Å². The number of aromatic nitrogens is 2. The first kappa shape index (κ1) is 9.97. The van der Waals surface area contributed by atoms with Crippen molar-refractivity contribution in [3.63, 3.8) is 0 Å². The Kier molecular flexibility index (Phi) is 2.30. The van der Waals surface area contributed by atoms with Gasteiger partial charge in [-0.3, -0.25) is 4.55 Å².